The topological polar surface area (TPSA) is 130 Å². The van der Waals surface area contributed by atoms with E-state index in [9.17, 15) is 18.4 Å². The van der Waals surface area contributed by atoms with Crippen molar-refractivity contribution in [1.29, 1.82) is 0 Å². The average Bonchev–Trinajstić information content (AvgIpc) is 2.49. The molecular formula is C15H21ClN4O5S. The van der Waals surface area contributed by atoms with Crippen molar-refractivity contribution < 1.29 is 18.7 Å². The van der Waals surface area contributed by atoms with Crippen LogP contribution >= 0.6 is 12.4 Å². The fourth-order valence-electron chi connectivity index (χ4n) is 2.71. The Hall–Kier alpha value is -2.14. The number of rotatable bonds is 4. The van der Waals surface area contributed by atoms with Crippen LogP contribution in [0.1, 0.15) is 6.42 Å². The molecule has 0 saturated carbocycles. The molecular weight excluding hydrogens is 384 g/mol. The zero-order valence-corrected chi connectivity index (χ0v) is 15.9. The van der Waals surface area contributed by atoms with Crippen LogP contribution in [0.25, 0.3) is 0 Å². The standard InChI is InChI=1S/C15H18N4O4S.ClH.H2O/c1-17(2)8-5-9-18-15(20)14-12(10-19(18)21)16-11-6-3-4-7-13(11)24(14,22)23;;/h3-4,6-7,10,16H,5,8-9H2,1-2H3;1H;1H2. The van der Waals surface area contributed by atoms with Gasteiger partial charge in [-0.15, -0.1) is 17.1 Å². The molecule has 1 aromatic carbocycles. The maximum atomic E-state index is 12.8. The summed E-state index contributed by atoms with van der Waals surface area (Å²) in [6.45, 7) is 0.822. The SMILES string of the molecule is CN(C)CCCn1c(=O)c2c(c[n+]1[O-])Nc1ccccc1S2(=O)=O.Cl.O. The highest BCUT2D eigenvalue weighted by atomic mass is 35.5. The first-order valence-corrected chi connectivity index (χ1v) is 8.94. The number of fused-ring (bicyclic) bond motifs is 2. The van der Waals surface area contributed by atoms with E-state index in [1.807, 2.05) is 19.0 Å². The summed E-state index contributed by atoms with van der Waals surface area (Å²) in [5, 5.41) is 15.0. The molecule has 0 atom stereocenters. The van der Waals surface area contributed by atoms with E-state index in [2.05, 4.69) is 5.32 Å². The first-order chi connectivity index (χ1) is 11.3. The monoisotopic (exact) mass is 404 g/mol. The second-order valence-electron chi connectivity index (χ2n) is 5.88. The summed E-state index contributed by atoms with van der Waals surface area (Å²) in [4.78, 5) is 14.6. The van der Waals surface area contributed by atoms with Gasteiger partial charge < -0.3 is 20.9 Å². The second-order valence-corrected chi connectivity index (χ2v) is 7.74. The predicted molar refractivity (Wildman–Crippen MR) is 98.9 cm³/mol. The zero-order chi connectivity index (χ0) is 17.5. The molecule has 0 fully saturated rings. The number of sulfone groups is 1. The van der Waals surface area contributed by atoms with Crippen molar-refractivity contribution in [2.45, 2.75) is 22.8 Å². The molecule has 2 aromatic rings. The van der Waals surface area contributed by atoms with E-state index in [0.717, 1.165) is 10.9 Å². The molecule has 9 nitrogen and oxygen atoms in total. The number of aromatic nitrogens is 2. The molecule has 1 aliphatic heterocycles. The Kier molecular flexibility index (Phi) is 6.77. The highest BCUT2D eigenvalue weighted by Gasteiger charge is 2.35. The molecule has 0 spiro atoms. The van der Waals surface area contributed by atoms with Crippen LogP contribution in [0, 0.1) is 5.21 Å². The summed E-state index contributed by atoms with van der Waals surface area (Å²) < 4.78 is 26.5. The molecule has 3 N–H and O–H groups in total. The lowest BCUT2D eigenvalue weighted by Gasteiger charge is -2.21. The molecule has 1 aromatic heterocycles. The lowest BCUT2D eigenvalue weighted by Crippen LogP contribution is -2.50. The molecule has 2 heterocycles. The molecule has 0 aliphatic carbocycles. The predicted octanol–water partition coefficient (Wildman–Crippen LogP) is -0.0797. The number of nitrogens with one attached hydrogen (secondary N) is 1. The van der Waals surface area contributed by atoms with Crippen LogP contribution in [0.5, 0.6) is 0 Å². The minimum absolute atomic E-state index is 0. The summed E-state index contributed by atoms with van der Waals surface area (Å²) in [6.07, 6.45) is 1.65. The highest BCUT2D eigenvalue weighted by molar-refractivity contribution is 7.92. The number of anilines is 2. The van der Waals surface area contributed by atoms with Crippen LogP contribution in [0.2, 0.25) is 0 Å². The lowest BCUT2D eigenvalue weighted by molar-refractivity contribution is -0.700. The van der Waals surface area contributed by atoms with Gasteiger partial charge in [0.15, 0.2) is 4.90 Å². The molecule has 0 amide bonds. The van der Waals surface area contributed by atoms with Gasteiger partial charge in [-0.25, -0.2) is 8.42 Å². The van der Waals surface area contributed by atoms with Gasteiger partial charge in [-0.05, 0) is 39.2 Å². The van der Waals surface area contributed by atoms with Crippen LogP contribution in [-0.4, -0.2) is 44.1 Å². The summed E-state index contributed by atoms with van der Waals surface area (Å²) in [6, 6.07) is 6.30. The van der Waals surface area contributed by atoms with Gasteiger partial charge in [0.1, 0.15) is 5.69 Å². The van der Waals surface area contributed by atoms with E-state index < -0.39 is 15.4 Å². The number of hydrogen-bond acceptors (Lipinski definition) is 6. The van der Waals surface area contributed by atoms with Gasteiger partial charge in [-0.3, -0.25) is 4.79 Å². The Bertz CT molecular complexity index is 959. The molecule has 1 aliphatic rings. The summed E-state index contributed by atoms with van der Waals surface area (Å²) in [5.74, 6) is 0. The summed E-state index contributed by atoms with van der Waals surface area (Å²) in [5.41, 5.74) is -0.435. The van der Waals surface area contributed by atoms with E-state index in [1.54, 1.807) is 18.2 Å². The van der Waals surface area contributed by atoms with Crippen molar-refractivity contribution in [1.82, 2.24) is 9.58 Å². The third-order valence-corrected chi connectivity index (χ3v) is 5.71. The van der Waals surface area contributed by atoms with Gasteiger partial charge in [-0.2, -0.15) is 0 Å². The van der Waals surface area contributed by atoms with E-state index in [4.69, 9.17) is 0 Å². The Morgan fingerprint density at radius 2 is 1.88 bits per heavy atom. The lowest BCUT2D eigenvalue weighted by atomic mass is 10.3. The molecule has 144 valence electrons. The molecule has 0 radical (unpaired) electrons. The number of hydrogen-bond donors (Lipinski definition) is 1. The first-order valence-electron chi connectivity index (χ1n) is 7.45. The minimum atomic E-state index is -3.97. The maximum Gasteiger partial charge on any atom is 0.323 e. The number of halogens is 1. The van der Waals surface area contributed by atoms with E-state index >= 15 is 0 Å². The molecule has 0 bridgehead atoms. The Balaban J connectivity index is 0.00000169. The van der Waals surface area contributed by atoms with Gasteiger partial charge in [-0.1, -0.05) is 17.0 Å². The third kappa shape index (κ3) is 3.68. The van der Waals surface area contributed by atoms with Crippen molar-refractivity contribution in [2.75, 3.05) is 26.0 Å². The number of nitrogens with zero attached hydrogens (tertiary/aromatic N) is 3. The van der Waals surface area contributed by atoms with E-state index in [1.165, 1.54) is 6.07 Å². The molecule has 3 rings (SSSR count). The van der Waals surface area contributed by atoms with Gasteiger partial charge in [0.25, 0.3) is 0 Å². The summed E-state index contributed by atoms with van der Waals surface area (Å²) >= 11 is 0. The van der Waals surface area contributed by atoms with Gasteiger partial charge in [0.2, 0.25) is 16.0 Å². The van der Waals surface area contributed by atoms with Crippen LogP contribution in [0.15, 0.2) is 45.0 Å². The van der Waals surface area contributed by atoms with Crippen LogP contribution in [-0.2, 0) is 16.4 Å². The highest BCUT2D eigenvalue weighted by Crippen LogP contribution is 2.36. The maximum absolute atomic E-state index is 12.8. The number of para-hydroxylation sites is 1. The Morgan fingerprint density at radius 3 is 2.54 bits per heavy atom. The molecule has 0 unspecified atom stereocenters. The largest absolute Gasteiger partial charge is 0.596 e. The molecule has 26 heavy (non-hydrogen) atoms. The van der Waals surface area contributed by atoms with Crippen LogP contribution < -0.4 is 15.7 Å². The molecule has 11 heteroatoms. The minimum Gasteiger partial charge on any atom is -0.596 e. The van der Waals surface area contributed by atoms with Crippen molar-refractivity contribution in [3.8, 4) is 0 Å². The Labute approximate surface area is 157 Å². The van der Waals surface area contributed by atoms with Gasteiger partial charge in [0, 0.05) is 0 Å². The van der Waals surface area contributed by atoms with Crippen LogP contribution in [0.4, 0.5) is 11.4 Å². The smallest absolute Gasteiger partial charge is 0.323 e. The quantitative estimate of drug-likeness (QED) is 0.478. The van der Waals surface area contributed by atoms with Crippen molar-refractivity contribution in [3.63, 3.8) is 0 Å². The van der Waals surface area contributed by atoms with E-state index in [0.29, 0.717) is 23.5 Å². The number of benzene rings is 1. The van der Waals surface area contributed by atoms with Gasteiger partial charge in [0.05, 0.1) is 17.1 Å². The zero-order valence-electron chi connectivity index (χ0n) is 14.3. The Morgan fingerprint density at radius 1 is 1.23 bits per heavy atom. The van der Waals surface area contributed by atoms with Crippen molar-refractivity contribution in [3.05, 3.63) is 46.0 Å². The fraction of sp³-hybridized carbons (Fsp3) is 0.333. The van der Waals surface area contributed by atoms with Crippen molar-refractivity contribution >= 4 is 33.6 Å². The van der Waals surface area contributed by atoms with Gasteiger partial charge >= 0.3 is 5.56 Å². The second kappa shape index (κ2) is 8.04. The first kappa shape index (κ1) is 21.9. The van der Waals surface area contributed by atoms with Crippen LogP contribution in [0.3, 0.4) is 0 Å². The normalized spacial score (nSPS) is 13.7. The fourth-order valence-corrected chi connectivity index (χ4v) is 4.32. The third-order valence-electron chi connectivity index (χ3n) is 3.84. The average molecular weight is 405 g/mol. The van der Waals surface area contributed by atoms with E-state index in [-0.39, 0.29) is 39.9 Å². The summed E-state index contributed by atoms with van der Waals surface area (Å²) in [7, 11) is -0.209. The molecule has 0 saturated heterocycles. The van der Waals surface area contributed by atoms with Crippen molar-refractivity contribution in [2.24, 2.45) is 0 Å².